The Morgan fingerprint density at radius 1 is 0.828 bits per heavy atom. The lowest BCUT2D eigenvalue weighted by molar-refractivity contribution is 0.0588. The number of amides is 4. The monoisotopic (exact) mass is 392 g/mol. The van der Waals surface area contributed by atoms with E-state index in [1.54, 1.807) is 43.3 Å². The Kier molecular flexibility index (Phi) is 4.58. The van der Waals surface area contributed by atoms with Crippen LogP contribution in [-0.4, -0.2) is 52.7 Å². The lowest BCUT2D eigenvalue weighted by Crippen LogP contribution is -2.40. The van der Waals surface area contributed by atoms with E-state index in [4.69, 9.17) is 0 Å². The van der Waals surface area contributed by atoms with Crippen molar-refractivity contribution in [2.75, 3.05) is 13.2 Å². The molecule has 4 amide bonds. The van der Waals surface area contributed by atoms with Gasteiger partial charge in [-0.25, -0.2) is 4.39 Å². The Bertz CT molecular complexity index is 1020. The van der Waals surface area contributed by atoms with Gasteiger partial charge >= 0.3 is 0 Å². The molecule has 0 aromatic heterocycles. The van der Waals surface area contributed by atoms with Crippen LogP contribution in [-0.2, 0) is 0 Å². The number of imide groups is 2. The van der Waals surface area contributed by atoms with Gasteiger partial charge in [0.05, 0.1) is 34.8 Å². The number of nitrogens with zero attached hydrogens (tertiary/aromatic N) is 2. The Balaban J connectivity index is 1.56. The van der Waals surface area contributed by atoms with Crippen molar-refractivity contribution >= 4 is 23.6 Å². The molecule has 7 heteroatoms. The SMILES string of the molecule is C/C(=C/C(CF)N1C(=O)c2ccccc2C1=O)CN1C(=O)c2ccccc2C1=O. The van der Waals surface area contributed by atoms with Crippen LogP contribution in [0.1, 0.15) is 48.4 Å². The van der Waals surface area contributed by atoms with Crippen molar-refractivity contribution in [1.29, 1.82) is 0 Å². The van der Waals surface area contributed by atoms with Crippen LogP contribution in [0.4, 0.5) is 4.39 Å². The molecule has 0 saturated carbocycles. The topological polar surface area (TPSA) is 74.8 Å². The maximum Gasteiger partial charge on any atom is 0.262 e. The number of carbonyl (C=O) groups excluding carboxylic acids is 4. The van der Waals surface area contributed by atoms with Crippen molar-refractivity contribution in [2.24, 2.45) is 0 Å². The average molecular weight is 392 g/mol. The van der Waals surface area contributed by atoms with E-state index in [2.05, 4.69) is 0 Å². The van der Waals surface area contributed by atoms with E-state index in [0.29, 0.717) is 16.7 Å². The van der Waals surface area contributed by atoms with E-state index in [1.165, 1.54) is 18.2 Å². The van der Waals surface area contributed by atoms with E-state index in [-0.39, 0.29) is 17.7 Å². The molecule has 2 heterocycles. The fourth-order valence-electron chi connectivity index (χ4n) is 3.71. The molecule has 0 radical (unpaired) electrons. The maximum atomic E-state index is 13.8. The summed E-state index contributed by atoms with van der Waals surface area (Å²) in [6, 6.07) is 11.7. The van der Waals surface area contributed by atoms with Gasteiger partial charge in [0.2, 0.25) is 0 Å². The number of halogens is 1. The summed E-state index contributed by atoms with van der Waals surface area (Å²) in [6.07, 6.45) is 1.42. The highest BCUT2D eigenvalue weighted by molar-refractivity contribution is 6.22. The minimum absolute atomic E-state index is 0.0496. The van der Waals surface area contributed by atoms with Crippen molar-refractivity contribution < 1.29 is 23.6 Å². The maximum absolute atomic E-state index is 13.8. The van der Waals surface area contributed by atoms with Crippen LogP contribution in [0.25, 0.3) is 0 Å². The van der Waals surface area contributed by atoms with Gasteiger partial charge in [-0.3, -0.25) is 29.0 Å². The Morgan fingerprint density at radius 2 is 1.24 bits per heavy atom. The molecule has 0 bridgehead atoms. The lowest BCUT2D eigenvalue weighted by atomic mass is 10.1. The fourth-order valence-corrected chi connectivity index (χ4v) is 3.71. The van der Waals surface area contributed by atoms with Crippen LogP contribution in [0, 0.1) is 0 Å². The molecule has 6 nitrogen and oxygen atoms in total. The minimum atomic E-state index is -1.11. The van der Waals surface area contributed by atoms with Crippen molar-refractivity contribution in [3.05, 3.63) is 82.4 Å². The number of rotatable bonds is 5. The van der Waals surface area contributed by atoms with Gasteiger partial charge in [0.1, 0.15) is 6.67 Å². The molecule has 0 aliphatic carbocycles. The van der Waals surface area contributed by atoms with Crippen LogP contribution >= 0.6 is 0 Å². The number of fused-ring (bicyclic) bond motifs is 2. The summed E-state index contributed by atoms with van der Waals surface area (Å²) >= 11 is 0. The molecule has 1 atom stereocenters. The van der Waals surface area contributed by atoms with Crippen molar-refractivity contribution in [3.63, 3.8) is 0 Å². The standard InChI is InChI=1S/C22H17FN2O4/c1-13(12-24-19(26)15-6-2-3-7-16(15)20(24)27)10-14(11-23)25-21(28)17-8-4-5-9-18(17)22(25)29/h2-10,14H,11-12H2,1H3/b13-10-. The third-order valence-electron chi connectivity index (χ3n) is 5.08. The highest BCUT2D eigenvalue weighted by atomic mass is 19.1. The highest BCUT2D eigenvalue weighted by Crippen LogP contribution is 2.27. The predicted molar refractivity (Wildman–Crippen MR) is 102 cm³/mol. The molecular weight excluding hydrogens is 375 g/mol. The number of hydrogen-bond donors (Lipinski definition) is 0. The Labute approximate surface area is 166 Å². The highest BCUT2D eigenvalue weighted by Gasteiger charge is 2.39. The van der Waals surface area contributed by atoms with Gasteiger partial charge < -0.3 is 0 Å². The number of benzene rings is 2. The number of hydrogen-bond acceptors (Lipinski definition) is 4. The van der Waals surface area contributed by atoms with Crippen LogP contribution in [0.5, 0.6) is 0 Å². The van der Waals surface area contributed by atoms with Gasteiger partial charge in [-0.05, 0) is 31.2 Å². The first kappa shape index (κ1) is 18.7. The van der Waals surface area contributed by atoms with Gasteiger partial charge in [0, 0.05) is 0 Å². The predicted octanol–water partition coefficient (Wildman–Crippen LogP) is 2.86. The lowest BCUT2D eigenvalue weighted by Gasteiger charge is -2.22. The second-order valence-electron chi connectivity index (χ2n) is 7.00. The third-order valence-corrected chi connectivity index (χ3v) is 5.08. The second kappa shape index (κ2) is 7.09. The van der Waals surface area contributed by atoms with Crippen molar-refractivity contribution in [3.8, 4) is 0 Å². The molecule has 146 valence electrons. The molecule has 2 aliphatic heterocycles. The quantitative estimate of drug-likeness (QED) is 0.579. The summed E-state index contributed by atoms with van der Waals surface area (Å²) in [7, 11) is 0. The Morgan fingerprint density at radius 3 is 1.66 bits per heavy atom. The van der Waals surface area contributed by atoms with E-state index in [0.717, 1.165) is 9.80 Å². The summed E-state index contributed by atoms with van der Waals surface area (Å²) in [5.41, 5.74) is 1.63. The van der Waals surface area contributed by atoms with Crippen LogP contribution in [0.3, 0.4) is 0 Å². The van der Waals surface area contributed by atoms with Crippen LogP contribution in [0.15, 0.2) is 60.2 Å². The molecule has 0 spiro atoms. The van der Waals surface area contributed by atoms with Crippen LogP contribution in [0.2, 0.25) is 0 Å². The van der Waals surface area contributed by atoms with Crippen molar-refractivity contribution in [2.45, 2.75) is 13.0 Å². The molecule has 4 rings (SSSR count). The number of carbonyl (C=O) groups is 4. The molecule has 2 aliphatic rings. The zero-order valence-electron chi connectivity index (χ0n) is 15.6. The first-order chi connectivity index (χ1) is 13.9. The smallest absolute Gasteiger partial charge is 0.262 e. The average Bonchev–Trinajstić information content (AvgIpc) is 3.13. The Hall–Kier alpha value is -3.61. The van der Waals surface area contributed by atoms with Gasteiger partial charge in [-0.15, -0.1) is 0 Å². The number of alkyl halides is 1. The van der Waals surface area contributed by atoms with Crippen LogP contribution < -0.4 is 0 Å². The second-order valence-corrected chi connectivity index (χ2v) is 7.00. The zero-order valence-corrected chi connectivity index (χ0v) is 15.6. The fraction of sp³-hybridized carbons (Fsp3) is 0.182. The minimum Gasteiger partial charge on any atom is -0.270 e. The molecular formula is C22H17FN2O4. The molecule has 0 N–H and O–H groups in total. The molecule has 0 fully saturated rings. The zero-order chi connectivity index (χ0) is 20.7. The summed E-state index contributed by atoms with van der Waals surface area (Å²) in [4.78, 5) is 52.1. The first-order valence-corrected chi connectivity index (χ1v) is 9.09. The largest absolute Gasteiger partial charge is 0.270 e. The normalized spacial score (nSPS) is 17.1. The molecule has 29 heavy (non-hydrogen) atoms. The molecule has 0 saturated heterocycles. The van der Waals surface area contributed by atoms with E-state index in [9.17, 15) is 23.6 Å². The van der Waals surface area contributed by atoms with Crippen molar-refractivity contribution in [1.82, 2.24) is 9.80 Å². The van der Waals surface area contributed by atoms with E-state index in [1.807, 2.05) is 0 Å². The van der Waals surface area contributed by atoms with E-state index >= 15 is 0 Å². The molecule has 2 aromatic rings. The van der Waals surface area contributed by atoms with E-state index < -0.39 is 36.3 Å². The summed E-state index contributed by atoms with van der Waals surface area (Å²) in [5, 5.41) is 0. The van der Waals surface area contributed by atoms with Gasteiger partial charge in [0.25, 0.3) is 23.6 Å². The molecule has 1 unspecified atom stereocenters. The van der Waals surface area contributed by atoms with Gasteiger partial charge in [-0.1, -0.05) is 35.9 Å². The first-order valence-electron chi connectivity index (χ1n) is 9.09. The summed E-state index contributed by atoms with van der Waals surface area (Å²) in [5.74, 6) is -1.96. The summed E-state index contributed by atoms with van der Waals surface area (Å²) in [6.45, 7) is 0.612. The molecule has 2 aromatic carbocycles. The van der Waals surface area contributed by atoms with Gasteiger partial charge in [0.15, 0.2) is 0 Å². The summed E-state index contributed by atoms with van der Waals surface area (Å²) < 4.78 is 13.8. The van der Waals surface area contributed by atoms with Gasteiger partial charge in [-0.2, -0.15) is 0 Å². The third kappa shape index (κ3) is 2.95.